The molecule has 0 radical (unpaired) electrons. The standard InChI is InChI=1S/C6H5NS/c1-2-8-6-4-7-3-5(1)6/h1-4,7H. The molecule has 0 atom stereocenters. The fraction of sp³-hybridized carbons (Fsp3) is 0. The van der Waals surface area contributed by atoms with Crippen molar-refractivity contribution in [1.29, 1.82) is 0 Å². The summed E-state index contributed by atoms with van der Waals surface area (Å²) < 4.78 is 1.34. The second-order valence-corrected chi connectivity index (χ2v) is 2.64. The summed E-state index contributed by atoms with van der Waals surface area (Å²) in [4.78, 5) is 3.03. The van der Waals surface area contributed by atoms with Gasteiger partial charge in [-0.15, -0.1) is 11.3 Å². The average Bonchev–Trinajstić information content (AvgIpc) is 2.15. The van der Waals surface area contributed by atoms with Crippen molar-refractivity contribution in [1.82, 2.24) is 4.98 Å². The van der Waals surface area contributed by atoms with Crippen molar-refractivity contribution in [3.05, 3.63) is 23.8 Å². The van der Waals surface area contributed by atoms with Gasteiger partial charge in [-0.2, -0.15) is 0 Å². The van der Waals surface area contributed by atoms with E-state index in [0.717, 1.165) is 0 Å². The first-order chi connectivity index (χ1) is 3.97. The van der Waals surface area contributed by atoms with Gasteiger partial charge < -0.3 is 4.98 Å². The van der Waals surface area contributed by atoms with Gasteiger partial charge in [-0.05, 0) is 11.4 Å². The zero-order valence-electron chi connectivity index (χ0n) is 4.22. The minimum atomic E-state index is 1.31. The summed E-state index contributed by atoms with van der Waals surface area (Å²) in [5.41, 5.74) is 0. The largest absolute Gasteiger partial charge is 0.366 e. The van der Waals surface area contributed by atoms with E-state index in [1.54, 1.807) is 11.3 Å². The maximum atomic E-state index is 3.03. The fourth-order valence-electron chi connectivity index (χ4n) is 0.775. The van der Waals surface area contributed by atoms with Crippen LogP contribution in [-0.4, -0.2) is 4.98 Å². The Balaban J connectivity index is 3.06. The van der Waals surface area contributed by atoms with Crippen LogP contribution in [0.5, 0.6) is 0 Å². The van der Waals surface area contributed by atoms with E-state index in [1.807, 2.05) is 12.4 Å². The summed E-state index contributed by atoms with van der Waals surface area (Å²) in [6.07, 6.45) is 4.02. The van der Waals surface area contributed by atoms with Gasteiger partial charge in [-0.3, -0.25) is 0 Å². The van der Waals surface area contributed by atoms with Crippen molar-refractivity contribution in [3.8, 4) is 0 Å². The summed E-state index contributed by atoms with van der Waals surface area (Å²) >= 11 is 1.76. The number of fused-ring (bicyclic) bond motifs is 1. The number of aromatic nitrogens is 1. The van der Waals surface area contributed by atoms with E-state index in [4.69, 9.17) is 0 Å². The van der Waals surface area contributed by atoms with Crippen molar-refractivity contribution in [2.45, 2.75) is 0 Å². The van der Waals surface area contributed by atoms with Gasteiger partial charge in [-0.1, -0.05) is 0 Å². The molecular formula is C6H5NS. The Kier molecular flexibility index (Phi) is 0.704. The van der Waals surface area contributed by atoms with Crippen LogP contribution in [0.15, 0.2) is 23.8 Å². The molecule has 0 unspecified atom stereocenters. The normalized spacial score (nSPS) is 10.5. The lowest BCUT2D eigenvalue weighted by Crippen LogP contribution is -1.43. The SMILES string of the molecule is c1cc2c[nH]cc2s1. The van der Waals surface area contributed by atoms with E-state index in [1.165, 1.54) is 10.1 Å². The first-order valence-electron chi connectivity index (χ1n) is 2.47. The third-order valence-electron chi connectivity index (χ3n) is 1.18. The molecular weight excluding hydrogens is 118 g/mol. The Labute approximate surface area is 51.0 Å². The molecule has 8 heavy (non-hydrogen) atoms. The van der Waals surface area contributed by atoms with Gasteiger partial charge in [0.1, 0.15) is 0 Å². The third kappa shape index (κ3) is 0.406. The van der Waals surface area contributed by atoms with E-state index in [-0.39, 0.29) is 0 Å². The quantitative estimate of drug-likeness (QED) is 0.553. The van der Waals surface area contributed by atoms with Crippen LogP contribution in [0.2, 0.25) is 0 Å². The maximum Gasteiger partial charge on any atom is 0.0517 e. The Bertz CT molecular complexity index is 230. The summed E-state index contributed by atoms with van der Waals surface area (Å²) in [6.45, 7) is 0. The Morgan fingerprint density at radius 1 is 1.38 bits per heavy atom. The molecule has 0 bridgehead atoms. The van der Waals surface area contributed by atoms with Crippen LogP contribution in [0.25, 0.3) is 10.1 Å². The van der Waals surface area contributed by atoms with Crippen LogP contribution < -0.4 is 0 Å². The molecule has 0 aliphatic rings. The zero-order valence-corrected chi connectivity index (χ0v) is 5.03. The highest BCUT2D eigenvalue weighted by molar-refractivity contribution is 7.17. The highest BCUT2D eigenvalue weighted by Crippen LogP contribution is 2.18. The van der Waals surface area contributed by atoms with E-state index >= 15 is 0 Å². The number of thiophene rings is 1. The van der Waals surface area contributed by atoms with Crippen molar-refractivity contribution in [3.63, 3.8) is 0 Å². The van der Waals surface area contributed by atoms with E-state index in [0.29, 0.717) is 0 Å². The molecule has 2 rings (SSSR count). The summed E-state index contributed by atoms with van der Waals surface area (Å²) in [5.74, 6) is 0. The molecule has 0 amide bonds. The second kappa shape index (κ2) is 1.36. The molecule has 0 aliphatic carbocycles. The second-order valence-electron chi connectivity index (χ2n) is 1.70. The number of hydrogen-bond acceptors (Lipinski definition) is 1. The topological polar surface area (TPSA) is 15.8 Å². The minimum absolute atomic E-state index is 1.31. The van der Waals surface area contributed by atoms with Gasteiger partial charge in [0.2, 0.25) is 0 Å². The van der Waals surface area contributed by atoms with Crippen LogP contribution in [0.4, 0.5) is 0 Å². The van der Waals surface area contributed by atoms with Crippen LogP contribution in [0.3, 0.4) is 0 Å². The van der Waals surface area contributed by atoms with Crippen LogP contribution in [-0.2, 0) is 0 Å². The molecule has 0 aliphatic heterocycles. The monoisotopic (exact) mass is 123 g/mol. The zero-order chi connectivity index (χ0) is 5.40. The molecule has 0 aromatic carbocycles. The van der Waals surface area contributed by atoms with Crippen molar-refractivity contribution >= 4 is 21.4 Å². The molecule has 0 spiro atoms. The number of aromatic amines is 1. The van der Waals surface area contributed by atoms with Crippen molar-refractivity contribution in [2.75, 3.05) is 0 Å². The van der Waals surface area contributed by atoms with Gasteiger partial charge in [0.05, 0.1) is 4.70 Å². The third-order valence-corrected chi connectivity index (χ3v) is 2.06. The van der Waals surface area contributed by atoms with Crippen LogP contribution in [0.1, 0.15) is 0 Å². The molecule has 1 N–H and O–H groups in total. The lowest BCUT2D eigenvalue weighted by molar-refractivity contribution is 1.43. The number of hydrogen-bond donors (Lipinski definition) is 1. The molecule has 0 saturated carbocycles. The summed E-state index contributed by atoms with van der Waals surface area (Å²) in [6, 6.07) is 2.11. The minimum Gasteiger partial charge on any atom is -0.366 e. The number of rotatable bonds is 0. The number of H-pyrrole nitrogens is 1. The van der Waals surface area contributed by atoms with E-state index in [9.17, 15) is 0 Å². The van der Waals surface area contributed by atoms with Gasteiger partial charge >= 0.3 is 0 Å². The predicted octanol–water partition coefficient (Wildman–Crippen LogP) is 2.23. The Morgan fingerprint density at radius 3 is 3.25 bits per heavy atom. The van der Waals surface area contributed by atoms with Crippen molar-refractivity contribution < 1.29 is 0 Å². The van der Waals surface area contributed by atoms with E-state index < -0.39 is 0 Å². The van der Waals surface area contributed by atoms with Crippen LogP contribution in [0, 0.1) is 0 Å². The van der Waals surface area contributed by atoms with E-state index in [2.05, 4.69) is 16.4 Å². The first kappa shape index (κ1) is 4.15. The molecule has 0 fully saturated rings. The maximum absolute atomic E-state index is 3.03. The highest BCUT2D eigenvalue weighted by Gasteiger charge is 1.89. The summed E-state index contributed by atoms with van der Waals surface area (Å²) in [5, 5.41) is 3.41. The number of nitrogens with one attached hydrogen (secondary N) is 1. The average molecular weight is 123 g/mol. The van der Waals surface area contributed by atoms with Gasteiger partial charge in [0, 0.05) is 17.8 Å². The molecule has 1 nitrogen and oxygen atoms in total. The lowest BCUT2D eigenvalue weighted by Gasteiger charge is -1.63. The predicted molar refractivity (Wildman–Crippen MR) is 36.2 cm³/mol. The van der Waals surface area contributed by atoms with Gasteiger partial charge in [0.15, 0.2) is 0 Å². The Hall–Kier alpha value is -0.760. The molecule has 2 heteroatoms. The summed E-state index contributed by atoms with van der Waals surface area (Å²) in [7, 11) is 0. The van der Waals surface area contributed by atoms with Gasteiger partial charge in [-0.25, -0.2) is 0 Å². The molecule has 2 heterocycles. The molecule has 40 valence electrons. The lowest BCUT2D eigenvalue weighted by atomic mass is 10.4. The molecule has 2 aromatic rings. The van der Waals surface area contributed by atoms with Gasteiger partial charge in [0.25, 0.3) is 0 Å². The van der Waals surface area contributed by atoms with Crippen LogP contribution >= 0.6 is 11.3 Å². The molecule has 2 aromatic heterocycles. The smallest absolute Gasteiger partial charge is 0.0517 e. The highest BCUT2D eigenvalue weighted by atomic mass is 32.1. The first-order valence-corrected chi connectivity index (χ1v) is 3.35. The Morgan fingerprint density at radius 2 is 2.38 bits per heavy atom. The molecule has 0 saturated heterocycles. The fourth-order valence-corrected chi connectivity index (χ4v) is 1.53. The van der Waals surface area contributed by atoms with Crippen molar-refractivity contribution in [2.24, 2.45) is 0 Å².